The zero-order chi connectivity index (χ0) is 5.15. The SMILES string of the molecule is CC(C)[14C](=O)O. The summed E-state index contributed by atoms with van der Waals surface area (Å²) in [6.45, 7) is 3.28. The summed E-state index contributed by atoms with van der Waals surface area (Å²) in [4.78, 5) is 9.70. The molecule has 0 amide bonds. The maximum atomic E-state index is 9.70. The minimum absolute atomic E-state index is 0.231. The zero-order valence-electron chi connectivity index (χ0n) is 3.93. The lowest BCUT2D eigenvalue weighted by molar-refractivity contribution is -0.140. The van der Waals surface area contributed by atoms with Crippen molar-refractivity contribution in [1.29, 1.82) is 0 Å². The van der Waals surface area contributed by atoms with Gasteiger partial charge in [0.2, 0.25) is 0 Å². The van der Waals surface area contributed by atoms with Gasteiger partial charge in [-0.05, 0) is 0 Å². The Hall–Kier alpha value is -0.530. The lowest BCUT2D eigenvalue weighted by Gasteiger charge is -1.89. The molecule has 0 rings (SSSR count). The largest absolute Gasteiger partial charge is 0.481 e. The molecule has 0 fully saturated rings. The Kier molecular flexibility index (Phi) is 1.64. The fourth-order valence-electron chi connectivity index (χ4n) is 0. The molecule has 0 heterocycles. The molecule has 2 nitrogen and oxygen atoms in total. The predicted octanol–water partition coefficient (Wildman–Crippen LogP) is 0.727. The van der Waals surface area contributed by atoms with E-state index < -0.39 is 5.97 Å². The highest BCUT2D eigenvalue weighted by atomic mass is 16.6. The van der Waals surface area contributed by atoms with Gasteiger partial charge in [-0.2, -0.15) is 0 Å². The molecule has 0 unspecified atom stereocenters. The van der Waals surface area contributed by atoms with E-state index in [4.69, 9.17) is 5.11 Å². The molecule has 0 aliphatic heterocycles. The summed E-state index contributed by atoms with van der Waals surface area (Å²) in [5.74, 6) is -0.972. The topological polar surface area (TPSA) is 37.3 Å². The molecule has 0 aromatic heterocycles. The highest BCUT2D eigenvalue weighted by molar-refractivity contribution is 5.68. The molecule has 0 aromatic carbocycles. The molecule has 0 bridgehead atoms. The van der Waals surface area contributed by atoms with Gasteiger partial charge in [-0.3, -0.25) is 4.79 Å². The van der Waals surface area contributed by atoms with Gasteiger partial charge in [0.25, 0.3) is 0 Å². The van der Waals surface area contributed by atoms with Gasteiger partial charge in [-0.25, -0.2) is 0 Å². The second kappa shape index (κ2) is 1.80. The first-order valence-electron chi connectivity index (χ1n) is 1.87. The predicted molar refractivity (Wildman–Crippen MR) is 22.5 cm³/mol. The molecule has 1 N–H and O–H groups in total. The molecule has 0 aliphatic carbocycles. The highest BCUT2D eigenvalue weighted by Crippen LogP contribution is 1.87. The molecule has 0 aliphatic rings. The Bertz CT molecular complexity index is 56.6. The van der Waals surface area contributed by atoms with Crippen LogP contribution >= 0.6 is 0 Å². The number of carboxylic acid groups (broad SMARTS) is 1. The summed E-state index contributed by atoms with van der Waals surface area (Å²) >= 11 is 0. The lowest BCUT2D eigenvalue weighted by Crippen LogP contribution is -2.03. The molecule has 0 atom stereocenters. The van der Waals surface area contributed by atoms with Crippen LogP contribution in [-0.2, 0) is 4.79 Å². The third-order valence-corrected chi connectivity index (χ3v) is 0.494. The van der Waals surface area contributed by atoms with E-state index in [9.17, 15) is 4.79 Å². The second-order valence-corrected chi connectivity index (χ2v) is 1.49. The van der Waals surface area contributed by atoms with E-state index in [0.29, 0.717) is 0 Å². The molecule has 0 radical (unpaired) electrons. The lowest BCUT2D eigenvalue weighted by atomic mass is 10.4. The molecule has 0 aromatic rings. The summed E-state index contributed by atoms with van der Waals surface area (Å²) in [7, 11) is 0. The monoisotopic (exact) mass is 90.1 g/mol. The van der Waals surface area contributed by atoms with Crippen LogP contribution in [0.15, 0.2) is 0 Å². The van der Waals surface area contributed by atoms with Crippen molar-refractivity contribution in [2.24, 2.45) is 5.92 Å². The van der Waals surface area contributed by atoms with Crippen molar-refractivity contribution in [3.63, 3.8) is 0 Å². The average molecular weight is 90.1 g/mol. The summed E-state index contributed by atoms with van der Waals surface area (Å²) < 4.78 is 0. The van der Waals surface area contributed by atoms with E-state index in [1.54, 1.807) is 13.8 Å². The Morgan fingerprint density at radius 1 is 1.67 bits per heavy atom. The number of rotatable bonds is 1. The zero-order valence-corrected chi connectivity index (χ0v) is 3.93. The van der Waals surface area contributed by atoms with Gasteiger partial charge in [0.1, 0.15) is 0 Å². The van der Waals surface area contributed by atoms with E-state index >= 15 is 0 Å². The van der Waals surface area contributed by atoms with Gasteiger partial charge in [0, 0.05) is 0 Å². The van der Waals surface area contributed by atoms with Crippen LogP contribution in [0.3, 0.4) is 0 Å². The van der Waals surface area contributed by atoms with Gasteiger partial charge in [-0.1, -0.05) is 13.8 Å². The minimum atomic E-state index is -0.741. The molecule has 0 saturated heterocycles. The van der Waals surface area contributed by atoms with Crippen LogP contribution in [0.4, 0.5) is 0 Å². The van der Waals surface area contributed by atoms with Crippen molar-refractivity contribution in [3.8, 4) is 0 Å². The van der Waals surface area contributed by atoms with Crippen LogP contribution in [0, 0.1) is 5.92 Å². The van der Waals surface area contributed by atoms with Gasteiger partial charge in [0.05, 0.1) is 5.92 Å². The van der Waals surface area contributed by atoms with Crippen molar-refractivity contribution in [1.82, 2.24) is 0 Å². The Morgan fingerprint density at radius 2 is 1.83 bits per heavy atom. The van der Waals surface area contributed by atoms with E-state index in [-0.39, 0.29) is 5.92 Å². The molecule has 6 heavy (non-hydrogen) atoms. The number of aliphatic carboxylic acids is 1. The van der Waals surface area contributed by atoms with Crippen LogP contribution in [0.2, 0.25) is 0 Å². The summed E-state index contributed by atoms with van der Waals surface area (Å²) in [6.07, 6.45) is 0. The molecular formula is C4H8O2. The molecule has 36 valence electrons. The van der Waals surface area contributed by atoms with Crippen LogP contribution in [0.5, 0.6) is 0 Å². The highest BCUT2D eigenvalue weighted by Gasteiger charge is 1.99. The van der Waals surface area contributed by atoms with Crippen molar-refractivity contribution in [3.05, 3.63) is 0 Å². The number of hydrogen-bond donors (Lipinski definition) is 1. The van der Waals surface area contributed by atoms with E-state index in [1.165, 1.54) is 0 Å². The second-order valence-electron chi connectivity index (χ2n) is 1.49. The maximum Gasteiger partial charge on any atom is 0.305 e. The quantitative estimate of drug-likeness (QED) is 0.515. The van der Waals surface area contributed by atoms with Crippen LogP contribution in [0.25, 0.3) is 0 Å². The Morgan fingerprint density at radius 3 is 1.83 bits per heavy atom. The molecule has 0 saturated carbocycles. The maximum absolute atomic E-state index is 9.70. The van der Waals surface area contributed by atoms with Crippen molar-refractivity contribution >= 4 is 5.97 Å². The van der Waals surface area contributed by atoms with Gasteiger partial charge < -0.3 is 5.11 Å². The van der Waals surface area contributed by atoms with E-state index in [1.807, 2.05) is 0 Å². The van der Waals surface area contributed by atoms with Crippen molar-refractivity contribution in [2.75, 3.05) is 0 Å². The third-order valence-electron chi connectivity index (χ3n) is 0.494. The first-order chi connectivity index (χ1) is 2.64. The van der Waals surface area contributed by atoms with Gasteiger partial charge in [0.15, 0.2) is 0 Å². The van der Waals surface area contributed by atoms with Crippen molar-refractivity contribution < 1.29 is 9.90 Å². The van der Waals surface area contributed by atoms with Gasteiger partial charge >= 0.3 is 5.97 Å². The smallest absolute Gasteiger partial charge is 0.305 e. The first kappa shape index (κ1) is 5.47. The van der Waals surface area contributed by atoms with Crippen LogP contribution in [0.1, 0.15) is 13.8 Å². The van der Waals surface area contributed by atoms with Gasteiger partial charge in [-0.15, -0.1) is 0 Å². The van der Waals surface area contributed by atoms with Crippen LogP contribution in [-0.4, -0.2) is 11.1 Å². The normalized spacial score (nSPS) is 9.17. The number of hydrogen-bond acceptors (Lipinski definition) is 1. The Balaban J connectivity index is 3.26. The van der Waals surface area contributed by atoms with Crippen LogP contribution < -0.4 is 0 Å². The fraction of sp³-hybridized carbons (Fsp3) is 0.750. The summed E-state index contributed by atoms with van der Waals surface area (Å²) in [5.41, 5.74) is 0. The Labute approximate surface area is 36.8 Å². The van der Waals surface area contributed by atoms with E-state index in [0.717, 1.165) is 0 Å². The van der Waals surface area contributed by atoms with Crippen molar-refractivity contribution in [2.45, 2.75) is 13.8 Å². The minimum Gasteiger partial charge on any atom is -0.481 e. The summed E-state index contributed by atoms with van der Waals surface area (Å²) in [5, 5.41) is 7.99. The standard InChI is InChI=1S/C4H8O2/c1-3(2)4(5)6/h3H,1-2H3,(H,5,6)/i4+2. The summed E-state index contributed by atoms with van der Waals surface area (Å²) in [6, 6.07) is 0. The number of carboxylic acids is 1. The third kappa shape index (κ3) is 1.76. The first-order valence-corrected chi connectivity index (χ1v) is 1.87. The average Bonchev–Trinajstić information content (AvgIpc) is 1.36. The number of carbonyl (C=O) groups is 1. The molecule has 0 spiro atoms. The van der Waals surface area contributed by atoms with E-state index in [2.05, 4.69) is 0 Å². The fourth-order valence-corrected chi connectivity index (χ4v) is 0. The molecular weight excluding hydrogens is 82.0 g/mol. The molecule has 2 heteroatoms.